The Hall–Kier alpha value is -3.45. The molecule has 0 N–H and O–H groups in total. The first-order valence-electron chi connectivity index (χ1n) is 8.81. The SMILES string of the molecule is CN(CCc1ccccn1)C(=O)c1ccc(Oc2ccc(Cl)cc2[N+](=O)[O-])cc1. The van der Waals surface area contributed by atoms with Gasteiger partial charge in [0.1, 0.15) is 5.75 Å². The lowest BCUT2D eigenvalue weighted by Crippen LogP contribution is -2.28. The van der Waals surface area contributed by atoms with Crippen LogP contribution in [0.4, 0.5) is 5.69 Å². The van der Waals surface area contributed by atoms with Gasteiger partial charge in [-0.3, -0.25) is 19.9 Å². The van der Waals surface area contributed by atoms with Gasteiger partial charge in [-0.1, -0.05) is 17.7 Å². The van der Waals surface area contributed by atoms with Crippen molar-refractivity contribution in [1.29, 1.82) is 0 Å². The second kappa shape index (κ2) is 9.16. The van der Waals surface area contributed by atoms with Crippen LogP contribution in [0.25, 0.3) is 0 Å². The van der Waals surface area contributed by atoms with E-state index in [2.05, 4.69) is 4.98 Å². The first kappa shape index (κ1) is 20.3. The third-order valence-electron chi connectivity index (χ3n) is 4.22. The van der Waals surface area contributed by atoms with E-state index in [0.717, 1.165) is 5.69 Å². The molecule has 3 rings (SSSR count). The van der Waals surface area contributed by atoms with Gasteiger partial charge in [0.15, 0.2) is 0 Å². The first-order valence-corrected chi connectivity index (χ1v) is 9.19. The van der Waals surface area contributed by atoms with Crippen molar-refractivity contribution >= 4 is 23.2 Å². The molecule has 0 fully saturated rings. The van der Waals surface area contributed by atoms with Gasteiger partial charge >= 0.3 is 5.69 Å². The Bertz CT molecular complexity index is 1010. The number of ether oxygens (including phenoxy) is 1. The van der Waals surface area contributed by atoms with Crippen LogP contribution in [-0.4, -0.2) is 34.3 Å². The van der Waals surface area contributed by atoms with Gasteiger partial charge in [-0.25, -0.2) is 0 Å². The summed E-state index contributed by atoms with van der Waals surface area (Å²) in [7, 11) is 1.73. The third kappa shape index (κ3) is 5.30. The molecule has 2 aromatic carbocycles. The number of carbonyl (C=O) groups is 1. The molecule has 0 aliphatic rings. The van der Waals surface area contributed by atoms with E-state index in [9.17, 15) is 14.9 Å². The monoisotopic (exact) mass is 411 g/mol. The number of rotatable bonds is 7. The summed E-state index contributed by atoms with van der Waals surface area (Å²) < 4.78 is 5.59. The highest BCUT2D eigenvalue weighted by atomic mass is 35.5. The maximum atomic E-state index is 12.6. The maximum absolute atomic E-state index is 12.6. The van der Waals surface area contributed by atoms with Crippen LogP contribution in [0, 0.1) is 10.1 Å². The van der Waals surface area contributed by atoms with Crippen molar-refractivity contribution in [1.82, 2.24) is 9.88 Å². The van der Waals surface area contributed by atoms with Gasteiger partial charge in [-0.2, -0.15) is 0 Å². The van der Waals surface area contributed by atoms with Crippen molar-refractivity contribution in [2.24, 2.45) is 0 Å². The molecule has 0 bridgehead atoms. The lowest BCUT2D eigenvalue weighted by molar-refractivity contribution is -0.385. The van der Waals surface area contributed by atoms with Crippen LogP contribution >= 0.6 is 11.6 Å². The summed E-state index contributed by atoms with van der Waals surface area (Å²) in [5.74, 6) is 0.319. The van der Waals surface area contributed by atoms with Crippen LogP contribution in [0.15, 0.2) is 66.9 Å². The molecule has 0 aliphatic heterocycles. The highest BCUT2D eigenvalue weighted by molar-refractivity contribution is 6.30. The summed E-state index contributed by atoms with van der Waals surface area (Å²) in [5.41, 5.74) is 1.18. The summed E-state index contributed by atoms with van der Waals surface area (Å²) in [4.78, 5) is 29.0. The molecule has 3 aromatic rings. The Morgan fingerprint density at radius 3 is 2.59 bits per heavy atom. The van der Waals surface area contributed by atoms with Crippen molar-refractivity contribution in [3.63, 3.8) is 0 Å². The Kier molecular flexibility index (Phi) is 6.41. The molecule has 0 saturated carbocycles. The van der Waals surface area contributed by atoms with Crippen LogP contribution in [0.5, 0.6) is 11.5 Å². The fourth-order valence-corrected chi connectivity index (χ4v) is 2.83. The number of carbonyl (C=O) groups excluding carboxylic acids is 1. The summed E-state index contributed by atoms with van der Waals surface area (Å²) in [6.07, 6.45) is 2.38. The first-order chi connectivity index (χ1) is 13.9. The molecule has 148 valence electrons. The molecule has 0 atom stereocenters. The lowest BCUT2D eigenvalue weighted by atomic mass is 10.2. The highest BCUT2D eigenvalue weighted by Crippen LogP contribution is 2.33. The van der Waals surface area contributed by atoms with Gasteiger partial charge in [0.2, 0.25) is 5.75 Å². The molecule has 1 amide bonds. The van der Waals surface area contributed by atoms with Crippen LogP contribution in [-0.2, 0) is 6.42 Å². The Morgan fingerprint density at radius 2 is 1.93 bits per heavy atom. The fourth-order valence-electron chi connectivity index (χ4n) is 2.66. The minimum Gasteiger partial charge on any atom is -0.450 e. The topological polar surface area (TPSA) is 85.6 Å². The quantitative estimate of drug-likeness (QED) is 0.413. The summed E-state index contributed by atoms with van der Waals surface area (Å²) >= 11 is 5.81. The zero-order valence-corrected chi connectivity index (χ0v) is 16.4. The minimum atomic E-state index is -0.560. The average Bonchev–Trinajstić information content (AvgIpc) is 2.74. The largest absolute Gasteiger partial charge is 0.450 e. The number of benzene rings is 2. The molecule has 0 aliphatic carbocycles. The molecule has 1 heterocycles. The number of nitro benzene ring substituents is 1. The van der Waals surface area contributed by atoms with Crippen LogP contribution in [0.1, 0.15) is 16.1 Å². The van der Waals surface area contributed by atoms with E-state index in [-0.39, 0.29) is 22.4 Å². The predicted molar refractivity (Wildman–Crippen MR) is 110 cm³/mol. The molecular weight excluding hydrogens is 394 g/mol. The number of nitro groups is 1. The second-order valence-corrected chi connectivity index (χ2v) is 6.73. The zero-order chi connectivity index (χ0) is 20.8. The van der Waals surface area contributed by atoms with Gasteiger partial charge < -0.3 is 9.64 Å². The van der Waals surface area contributed by atoms with Crippen molar-refractivity contribution < 1.29 is 14.5 Å². The van der Waals surface area contributed by atoms with Crippen LogP contribution in [0.2, 0.25) is 5.02 Å². The van der Waals surface area contributed by atoms with E-state index < -0.39 is 4.92 Å². The average molecular weight is 412 g/mol. The van der Waals surface area contributed by atoms with Crippen LogP contribution < -0.4 is 4.74 Å². The number of hydrogen-bond donors (Lipinski definition) is 0. The minimum absolute atomic E-state index is 0.0750. The number of aromatic nitrogens is 1. The van der Waals surface area contributed by atoms with Crippen molar-refractivity contribution in [2.45, 2.75) is 6.42 Å². The summed E-state index contributed by atoms with van der Waals surface area (Å²) in [5, 5.41) is 11.4. The molecule has 0 radical (unpaired) electrons. The molecule has 0 saturated heterocycles. The summed E-state index contributed by atoms with van der Waals surface area (Å²) in [6, 6.07) is 16.3. The molecule has 29 heavy (non-hydrogen) atoms. The third-order valence-corrected chi connectivity index (χ3v) is 4.46. The zero-order valence-electron chi connectivity index (χ0n) is 15.6. The molecule has 0 spiro atoms. The van der Waals surface area contributed by atoms with E-state index in [1.165, 1.54) is 18.2 Å². The van der Waals surface area contributed by atoms with E-state index >= 15 is 0 Å². The predicted octanol–water partition coefficient (Wildman–Crippen LogP) is 4.75. The smallest absolute Gasteiger partial charge is 0.313 e. The van der Waals surface area contributed by atoms with Crippen molar-refractivity contribution in [2.75, 3.05) is 13.6 Å². The second-order valence-electron chi connectivity index (χ2n) is 6.29. The van der Waals surface area contributed by atoms with E-state index in [1.807, 2.05) is 18.2 Å². The van der Waals surface area contributed by atoms with Crippen molar-refractivity contribution in [3.05, 3.63) is 93.3 Å². The highest BCUT2D eigenvalue weighted by Gasteiger charge is 2.17. The van der Waals surface area contributed by atoms with E-state index in [1.54, 1.807) is 42.4 Å². The van der Waals surface area contributed by atoms with Gasteiger partial charge in [-0.05, 0) is 48.5 Å². The van der Waals surface area contributed by atoms with E-state index in [0.29, 0.717) is 24.3 Å². The molecule has 0 unspecified atom stereocenters. The lowest BCUT2D eigenvalue weighted by Gasteiger charge is -2.17. The standard InChI is InChI=1S/C21H18ClN3O4/c1-24(13-11-17-4-2-3-12-23-17)21(26)15-5-8-18(9-6-15)29-20-10-7-16(22)14-19(20)25(27)28/h2-10,12,14H,11,13H2,1H3. The van der Waals surface area contributed by atoms with Gasteiger partial charge in [0, 0.05) is 48.6 Å². The number of likely N-dealkylation sites (N-methyl/N-ethyl adjacent to an activating group) is 1. The number of hydrogen-bond acceptors (Lipinski definition) is 5. The van der Waals surface area contributed by atoms with Gasteiger partial charge in [0.25, 0.3) is 5.91 Å². The molecule has 7 nitrogen and oxygen atoms in total. The van der Waals surface area contributed by atoms with E-state index in [4.69, 9.17) is 16.3 Å². The van der Waals surface area contributed by atoms with Gasteiger partial charge in [-0.15, -0.1) is 0 Å². The Balaban J connectivity index is 1.65. The Morgan fingerprint density at radius 1 is 1.17 bits per heavy atom. The Labute approximate surface area is 172 Å². The molecule has 8 heteroatoms. The normalized spacial score (nSPS) is 10.4. The van der Waals surface area contributed by atoms with Crippen LogP contribution in [0.3, 0.4) is 0 Å². The van der Waals surface area contributed by atoms with Gasteiger partial charge in [0.05, 0.1) is 4.92 Å². The fraction of sp³-hybridized carbons (Fsp3) is 0.143. The number of amides is 1. The maximum Gasteiger partial charge on any atom is 0.313 e. The summed E-state index contributed by atoms with van der Waals surface area (Å²) in [6.45, 7) is 0.533. The molecule has 1 aromatic heterocycles. The van der Waals surface area contributed by atoms with Crippen molar-refractivity contribution in [3.8, 4) is 11.5 Å². The number of nitrogens with zero attached hydrogens (tertiary/aromatic N) is 3. The number of pyridine rings is 1. The number of halogens is 1. The molecular formula is C21H18ClN3O4.